The van der Waals surface area contributed by atoms with Crippen LogP contribution in [0.4, 0.5) is 13.2 Å². The van der Waals surface area contributed by atoms with Gasteiger partial charge in [-0.15, -0.1) is 24.0 Å². The molecule has 0 amide bonds. The summed E-state index contributed by atoms with van der Waals surface area (Å²) in [5.74, 6) is 1.08. The van der Waals surface area contributed by atoms with Gasteiger partial charge < -0.3 is 15.4 Å². The van der Waals surface area contributed by atoms with E-state index in [0.29, 0.717) is 19.1 Å². The normalized spacial score (nSPS) is 11.6. The number of rotatable bonds is 6. The second kappa shape index (κ2) is 10.5. The topological polar surface area (TPSA) is 45.7 Å². The Bertz CT molecular complexity index is 450. The molecule has 0 saturated heterocycles. The molecule has 0 saturated carbocycles. The highest BCUT2D eigenvalue weighted by molar-refractivity contribution is 14.0. The third kappa shape index (κ3) is 9.69. The summed E-state index contributed by atoms with van der Waals surface area (Å²) in [4.78, 5) is 3.84. The standard InChI is InChI=1S/C14H20F3N3O.HI/c1-11-3-5-12(6-4-11)21-10-9-20-13(18-2)19-8-7-14(15,16)17;/h3-6H,7-10H2,1-2H3,(H2,18,19,20);1H. The molecule has 0 bridgehead atoms. The molecule has 0 radical (unpaired) electrons. The first kappa shape index (κ1) is 20.8. The molecule has 0 aliphatic carbocycles. The highest BCUT2D eigenvalue weighted by Crippen LogP contribution is 2.18. The molecule has 4 nitrogen and oxygen atoms in total. The molecule has 126 valence electrons. The number of guanidine groups is 1. The van der Waals surface area contributed by atoms with E-state index < -0.39 is 12.6 Å². The van der Waals surface area contributed by atoms with E-state index in [2.05, 4.69) is 15.6 Å². The van der Waals surface area contributed by atoms with Crippen LogP contribution in [-0.4, -0.2) is 38.9 Å². The quantitative estimate of drug-likeness (QED) is 0.315. The minimum absolute atomic E-state index is 0. The molecule has 1 aromatic rings. The summed E-state index contributed by atoms with van der Waals surface area (Å²) in [6.45, 7) is 2.62. The lowest BCUT2D eigenvalue weighted by Crippen LogP contribution is -2.40. The van der Waals surface area contributed by atoms with Gasteiger partial charge in [-0.05, 0) is 19.1 Å². The second-order valence-electron chi connectivity index (χ2n) is 4.45. The van der Waals surface area contributed by atoms with Crippen molar-refractivity contribution in [3.05, 3.63) is 29.8 Å². The average molecular weight is 431 g/mol. The van der Waals surface area contributed by atoms with E-state index in [0.717, 1.165) is 11.3 Å². The van der Waals surface area contributed by atoms with Crippen molar-refractivity contribution < 1.29 is 17.9 Å². The number of halogens is 4. The number of hydrogen-bond acceptors (Lipinski definition) is 2. The van der Waals surface area contributed by atoms with Crippen molar-refractivity contribution in [2.75, 3.05) is 26.7 Å². The van der Waals surface area contributed by atoms with Crippen LogP contribution in [0.2, 0.25) is 0 Å². The Morgan fingerprint density at radius 2 is 1.73 bits per heavy atom. The number of aliphatic imine (C=N–C) groups is 1. The Morgan fingerprint density at radius 1 is 1.14 bits per heavy atom. The van der Waals surface area contributed by atoms with Crippen LogP contribution in [0.15, 0.2) is 29.3 Å². The van der Waals surface area contributed by atoms with Crippen LogP contribution < -0.4 is 15.4 Å². The number of nitrogens with zero attached hydrogens (tertiary/aromatic N) is 1. The number of nitrogens with one attached hydrogen (secondary N) is 2. The SMILES string of the molecule is CN=C(NCCOc1ccc(C)cc1)NCCC(F)(F)F.I. The van der Waals surface area contributed by atoms with E-state index in [4.69, 9.17) is 4.74 Å². The summed E-state index contributed by atoms with van der Waals surface area (Å²) in [5, 5.41) is 5.48. The van der Waals surface area contributed by atoms with Crippen LogP contribution >= 0.6 is 24.0 Å². The minimum Gasteiger partial charge on any atom is -0.492 e. The summed E-state index contributed by atoms with van der Waals surface area (Å²) in [5.41, 5.74) is 1.15. The Kier molecular flexibility index (Phi) is 9.95. The number of aryl methyl sites for hydroxylation is 1. The Balaban J connectivity index is 0.00000441. The maximum atomic E-state index is 12.0. The van der Waals surface area contributed by atoms with Gasteiger partial charge in [-0.3, -0.25) is 4.99 Å². The average Bonchev–Trinajstić information content (AvgIpc) is 2.42. The molecule has 0 aliphatic rings. The van der Waals surface area contributed by atoms with Crippen LogP contribution in [0.1, 0.15) is 12.0 Å². The van der Waals surface area contributed by atoms with Crippen molar-refractivity contribution >= 4 is 29.9 Å². The van der Waals surface area contributed by atoms with Crippen LogP contribution in [0.25, 0.3) is 0 Å². The van der Waals surface area contributed by atoms with Crippen molar-refractivity contribution in [3.8, 4) is 5.75 Å². The molecule has 1 aromatic carbocycles. The molecule has 2 N–H and O–H groups in total. The molecule has 22 heavy (non-hydrogen) atoms. The summed E-state index contributed by atoms with van der Waals surface area (Å²) in [7, 11) is 1.50. The van der Waals surface area contributed by atoms with Crippen molar-refractivity contribution in [2.24, 2.45) is 4.99 Å². The Labute approximate surface area is 145 Å². The Morgan fingerprint density at radius 3 is 2.27 bits per heavy atom. The first-order chi connectivity index (χ1) is 9.90. The molecular weight excluding hydrogens is 410 g/mol. The fraction of sp³-hybridized carbons (Fsp3) is 0.500. The molecule has 0 heterocycles. The van der Waals surface area contributed by atoms with E-state index in [1.54, 1.807) is 0 Å². The van der Waals surface area contributed by atoms with Crippen LogP contribution in [0, 0.1) is 6.92 Å². The van der Waals surface area contributed by atoms with Crippen LogP contribution in [0.3, 0.4) is 0 Å². The van der Waals surface area contributed by atoms with Crippen molar-refractivity contribution in [1.82, 2.24) is 10.6 Å². The zero-order valence-corrected chi connectivity index (χ0v) is 14.9. The van der Waals surface area contributed by atoms with E-state index in [1.807, 2.05) is 31.2 Å². The predicted octanol–water partition coefficient (Wildman–Crippen LogP) is 3.11. The molecule has 0 fully saturated rings. The summed E-state index contributed by atoms with van der Waals surface area (Å²) < 4.78 is 41.5. The minimum atomic E-state index is -4.17. The van der Waals surface area contributed by atoms with Gasteiger partial charge in [0.15, 0.2) is 5.96 Å². The fourth-order valence-corrected chi connectivity index (χ4v) is 1.52. The van der Waals surface area contributed by atoms with Gasteiger partial charge in [0, 0.05) is 13.6 Å². The van der Waals surface area contributed by atoms with Crippen LogP contribution in [-0.2, 0) is 0 Å². The zero-order chi connectivity index (χ0) is 15.7. The van der Waals surface area contributed by atoms with Gasteiger partial charge in [0.25, 0.3) is 0 Å². The maximum Gasteiger partial charge on any atom is 0.390 e. The van der Waals surface area contributed by atoms with E-state index in [-0.39, 0.29) is 30.5 Å². The highest BCUT2D eigenvalue weighted by atomic mass is 127. The third-order valence-corrected chi connectivity index (χ3v) is 2.61. The van der Waals surface area contributed by atoms with Crippen LogP contribution in [0.5, 0.6) is 5.75 Å². The number of alkyl halides is 3. The largest absolute Gasteiger partial charge is 0.492 e. The summed E-state index contributed by atoms with van der Waals surface area (Å²) in [6.07, 6.45) is -5.06. The summed E-state index contributed by atoms with van der Waals surface area (Å²) in [6, 6.07) is 7.62. The van der Waals surface area contributed by atoms with Crippen molar-refractivity contribution in [2.45, 2.75) is 19.5 Å². The smallest absolute Gasteiger partial charge is 0.390 e. The van der Waals surface area contributed by atoms with Gasteiger partial charge in [-0.1, -0.05) is 17.7 Å². The van der Waals surface area contributed by atoms with E-state index >= 15 is 0 Å². The molecule has 0 aromatic heterocycles. The van der Waals surface area contributed by atoms with Crippen molar-refractivity contribution in [3.63, 3.8) is 0 Å². The lowest BCUT2D eigenvalue weighted by Gasteiger charge is -2.13. The fourth-order valence-electron chi connectivity index (χ4n) is 1.52. The first-order valence-electron chi connectivity index (χ1n) is 6.61. The van der Waals surface area contributed by atoms with Gasteiger partial charge in [0.2, 0.25) is 0 Å². The Hall–Kier alpha value is -1.19. The molecule has 0 aliphatic heterocycles. The number of hydrogen-bond donors (Lipinski definition) is 2. The first-order valence-corrected chi connectivity index (χ1v) is 6.61. The number of ether oxygens (including phenoxy) is 1. The molecule has 0 atom stereocenters. The van der Waals surface area contributed by atoms with Gasteiger partial charge in [-0.2, -0.15) is 13.2 Å². The third-order valence-electron chi connectivity index (χ3n) is 2.61. The van der Waals surface area contributed by atoms with E-state index in [1.165, 1.54) is 7.05 Å². The summed E-state index contributed by atoms with van der Waals surface area (Å²) >= 11 is 0. The molecule has 1 rings (SSSR count). The highest BCUT2D eigenvalue weighted by Gasteiger charge is 2.26. The lowest BCUT2D eigenvalue weighted by atomic mass is 10.2. The predicted molar refractivity (Wildman–Crippen MR) is 92.1 cm³/mol. The van der Waals surface area contributed by atoms with Crippen molar-refractivity contribution in [1.29, 1.82) is 0 Å². The molecular formula is C14H21F3IN3O. The van der Waals surface area contributed by atoms with Gasteiger partial charge in [-0.25, -0.2) is 0 Å². The molecule has 8 heteroatoms. The monoisotopic (exact) mass is 431 g/mol. The molecule has 0 unspecified atom stereocenters. The van der Waals surface area contributed by atoms with E-state index in [9.17, 15) is 13.2 Å². The van der Waals surface area contributed by atoms with Gasteiger partial charge >= 0.3 is 6.18 Å². The zero-order valence-electron chi connectivity index (χ0n) is 12.5. The maximum absolute atomic E-state index is 12.0. The lowest BCUT2D eigenvalue weighted by molar-refractivity contribution is -0.132. The van der Waals surface area contributed by atoms with Gasteiger partial charge in [0.05, 0.1) is 13.0 Å². The molecule has 0 spiro atoms. The number of benzene rings is 1. The van der Waals surface area contributed by atoms with Gasteiger partial charge in [0.1, 0.15) is 12.4 Å². The second-order valence-corrected chi connectivity index (χ2v) is 4.45.